The van der Waals surface area contributed by atoms with Crippen LogP contribution in [0.1, 0.15) is 12.0 Å². The summed E-state index contributed by atoms with van der Waals surface area (Å²) < 4.78 is 22.9. The van der Waals surface area contributed by atoms with Gasteiger partial charge in [0, 0.05) is 30.4 Å². The van der Waals surface area contributed by atoms with Gasteiger partial charge in [0.25, 0.3) is 5.69 Å². The quantitative estimate of drug-likeness (QED) is 0.378. The van der Waals surface area contributed by atoms with Gasteiger partial charge in [0.2, 0.25) is 5.91 Å². The molecule has 1 aromatic rings. The van der Waals surface area contributed by atoms with Crippen molar-refractivity contribution >= 4 is 27.0 Å². The van der Waals surface area contributed by atoms with Crippen LogP contribution in [0.15, 0.2) is 29.4 Å². The molecule has 0 radical (unpaired) electrons. The number of aliphatic hydroxyl groups is 1. The van der Waals surface area contributed by atoms with Crippen molar-refractivity contribution in [3.63, 3.8) is 0 Å². The largest absolute Gasteiger partial charge is 0.515 e. The van der Waals surface area contributed by atoms with Gasteiger partial charge in [-0.25, -0.2) is 8.42 Å². The van der Waals surface area contributed by atoms with Crippen LogP contribution in [0.25, 0.3) is 5.57 Å². The summed E-state index contributed by atoms with van der Waals surface area (Å²) in [7, 11) is -3.64. The molecule has 0 fully saturated rings. The molecule has 0 aromatic heterocycles. The average Bonchev–Trinajstić information content (AvgIpc) is 2.37. The van der Waals surface area contributed by atoms with E-state index < -0.39 is 32.4 Å². The highest BCUT2D eigenvalue weighted by molar-refractivity contribution is 7.90. The molecule has 0 spiro atoms. The minimum absolute atomic E-state index is 0.0892. The predicted octanol–water partition coefficient (Wildman–Crippen LogP) is 0.0999. The Morgan fingerprint density at radius 2 is 2.09 bits per heavy atom. The standard InChI is InChI=1S/C12H15N3O6S/c1-22(20,21)7-2-3-8(11(4-7)15(18)19)9(6-16)10(13)5-12(14)17/h2-4,6,10,16H,5,13H2,1H3,(H2,14,17)/b9-6-. The van der Waals surface area contributed by atoms with E-state index in [2.05, 4.69) is 0 Å². The molecule has 1 unspecified atom stereocenters. The fourth-order valence-electron chi connectivity index (χ4n) is 1.83. The molecule has 0 aliphatic rings. The van der Waals surface area contributed by atoms with Crippen LogP contribution >= 0.6 is 0 Å². The van der Waals surface area contributed by atoms with Gasteiger partial charge in [0.15, 0.2) is 9.84 Å². The molecule has 5 N–H and O–H groups in total. The number of nitro benzene ring substituents is 1. The number of nitrogens with two attached hydrogens (primary N) is 2. The summed E-state index contributed by atoms with van der Waals surface area (Å²) in [4.78, 5) is 21.0. The summed E-state index contributed by atoms with van der Waals surface area (Å²) in [6, 6.07) is 2.10. The Hall–Kier alpha value is -2.46. The molecule has 0 saturated heterocycles. The van der Waals surface area contributed by atoms with Gasteiger partial charge in [0.05, 0.1) is 21.6 Å². The summed E-state index contributed by atoms with van der Waals surface area (Å²) in [5.74, 6) is -0.748. The van der Waals surface area contributed by atoms with Crippen molar-refractivity contribution in [2.45, 2.75) is 17.4 Å². The van der Waals surface area contributed by atoms with Crippen LogP contribution in [0.5, 0.6) is 0 Å². The van der Waals surface area contributed by atoms with Crippen LogP contribution < -0.4 is 11.5 Å². The van der Waals surface area contributed by atoms with Crippen LogP contribution in [0, 0.1) is 10.1 Å². The van der Waals surface area contributed by atoms with Gasteiger partial charge in [-0.1, -0.05) is 0 Å². The zero-order chi connectivity index (χ0) is 17.1. The molecule has 0 saturated carbocycles. The molecule has 120 valence electrons. The molecule has 0 bridgehead atoms. The third kappa shape index (κ3) is 4.02. The Bertz CT molecular complexity index is 741. The second-order valence-electron chi connectivity index (χ2n) is 4.57. The lowest BCUT2D eigenvalue weighted by Gasteiger charge is -2.14. The average molecular weight is 329 g/mol. The molecule has 10 heteroatoms. The lowest BCUT2D eigenvalue weighted by Crippen LogP contribution is -2.29. The van der Waals surface area contributed by atoms with Crippen LogP contribution in [0.3, 0.4) is 0 Å². The number of carbonyl (C=O) groups excluding carboxylic acids is 1. The number of carbonyl (C=O) groups is 1. The minimum atomic E-state index is -3.64. The van der Waals surface area contributed by atoms with E-state index >= 15 is 0 Å². The summed E-state index contributed by atoms with van der Waals surface area (Å²) in [5.41, 5.74) is 9.95. The van der Waals surface area contributed by atoms with E-state index in [9.17, 15) is 28.4 Å². The van der Waals surface area contributed by atoms with Crippen molar-refractivity contribution in [1.82, 2.24) is 0 Å². The second kappa shape index (κ2) is 6.54. The summed E-state index contributed by atoms with van der Waals surface area (Å²) >= 11 is 0. The molecule has 0 aliphatic carbocycles. The Morgan fingerprint density at radius 1 is 1.50 bits per heavy atom. The first kappa shape index (κ1) is 17.6. The normalized spacial score (nSPS) is 13.6. The van der Waals surface area contributed by atoms with E-state index in [4.69, 9.17) is 11.5 Å². The molecule has 1 atom stereocenters. The lowest BCUT2D eigenvalue weighted by atomic mass is 9.96. The van der Waals surface area contributed by atoms with Crippen molar-refractivity contribution in [1.29, 1.82) is 0 Å². The summed E-state index contributed by atoms with van der Waals surface area (Å²) in [6.45, 7) is 0. The van der Waals surface area contributed by atoms with Crippen molar-refractivity contribution in [2.75, 3.05) is 6.26 Å². The number of amides is 1. The highest BCUT2D eigenvalue weighted by Crippen LogP contribution is 2.30. The first-order chi connectivity index (χ1) is 10.1. The van der Waals surface area contributed by atoms with E-state index in [1.807, 2.05) is 0 Å². The molecule has 1 aromatic carbocycles. The summed E-state index contributed by atoms with van der Waals surface area (Å²) in [5, 5.41) is 20.4. The number of sulfone groups is 1. The number of rotatable bonds is 6. The maximum atomic E-state index is 11.5. The van der Waals surface area contributed by atoms with Crippen molar-refractivity contribution in [2.24, 2.45) is 11.5 Å². The first-order valence-electron chi connectivity index (χ1n) is 5.95. The van der Waals surface area contributed by atoms with E-state index in [1.165, 1.54) is 0 Å². The smallest absolute Gasteiger partial charge is 0.278 e. The molecule has 1 amide bonds. The highest BCUT2D eigenvalue weighted by Gasteiger charge is 2.25. The third-order valence-corrected chi connectivity index (χ3v) is 3.97. The van der Waals surface area contributed by atoms with Gasteiger partial charge in [-0.15, -0.1) is 0 Å². The van der Waals surface area contributed by atoms with E-state index in [0.29, 0.717) is 6.26 Å². The molecule has 0 aliphatic heterocycles. The fraction of sp³-hybridized carbons (Fsp3) is 0.250. The monoisotopic (exact) mass is 329 g/mol. The van der Waals surface area contributed by atoms with E-state index in [-0.39, 0.29) is 22.5 Å². The van der Waals surface area contributed by atoms with Gasteiger partial charge < -0.3 is 16.6 Å². The fourth-order valence-corrected chi connectivity index (χ4v) is 2.47. The van der Waals surface area contributed by atoms with E-state index in [1.54, 1.807) is 0 Å². The molecule has 0 heterocycles. The van der Waals surface area contributed by atoms with Gasteiger partial charge in [-0.05, 0) is 12.1 Å². The number of primary amides is 1. The number of nitro groups is 1. The molecular formula is C12H15N3O6S. The number of hydrogen-bond donors (Lipinski definition) is 3. The number of hydrogen-bond acceptors (Lipinski definition) is 7. The van der Waals surface area contributed by atoms with Crippen LogP contribution in [0.2, 0.25) is 0 Å². The SMILES string of the molecule is CS(=O)(=O)c1ccc(/C(=C/O)C(N)CC(N)=O)c([N+](=O)[O-])c1. The van der Waals surface area contributed by atoms with Crippen molar-refractivity contribution in [3.8, 4) is 0 Å². The lowest BCUT2D eigenvalue weighted by molar-refractivity contribution is -0.385. The van der Waals surface area contributed by atoms with Gasteiger partial charge in [-0.2, -0.15) is 0 Å². The van der Waals surface area contributed by atoms with Crippen LogP contribution in [0.4, 0.5) is 5.69 Å². The van der Waals surface area contributed by atoms with Crippen molar-refractivity contribution in [3.05, 3.63) is 40.1 Å². The van der Waals surface area contributed by atoms with Gasteiger partial charge in [-0.3, -0.25) is 14.9 Å². The molecule has 22 heavy (non-hydrogen) atoms. The number of nitrogens with zero attached hydrogens (tertiary/aromatic N) is 1. The Balaban J connectivity index is 3.46. The van der Waals surface area contributed by atoms with Gasteiger partial charge in [0.1, 0.15) is 0 Å². The Morgan fingerprint density at radius 3 is 2.50 bits per heavy atom. The Labute approximate surface area is 126 Å². The molecule has 1 rings (SSSR count). The highest BCUT2D eigenvalue weighted by atomic mass is 32.2. The third-order valence-electron chi connectivity index (χ3n) is 2.86. The first-order valence-corrected chi connectivity index (χ1v) is 7.84. The topological polar surface area (TPSA) is 167 Å². The number of aliphatic hydroxyl groups excluding tert-OH is 1. The zero-order valence-electron chi connectivity index (χ0n) is 11.6. The minimum Gasteiger partial charge on any atom is -0.515 e. The molecule has 9 nitrogen and oxygen atoms in total. The zero-order valence-corrected chi connectivity index (χ0v) is 12.4. The second-order valence-corrected chi connectivity index (χ2v) is 6.59. The van der Waals surface area contributed by atoms with Crippen molar-refractivity contribution < 1.29 is 23.2 Å². The number of benzene rings is 1. The predicted molar refractivity (Wildman–Crippen MR) is 78.6 cm³/mol. The van der Waals surface area contributed by atoms with Crippen LogP contribution in [-0.4, -0.2) is 36.7 Å². The maximum Gasteiger partial charge on any atom is 0.278 e. The molecular weight excluding hydrogens is 314 g/mol. The van der Waals surface area contributed by atoms with Crippen LogP contribution in [-0.2, 0) is 14.6 Å². The van der Waals surface area contributed by atoms with Gasteiger partial charge >= 0.3 is 0 Å². The Kier molecular flexibility index (Phi) is 5.23. The maximum absolute atomic E-state index is 11.5. The van der Waals surface area contributed by atoms with E-state index in [0.717, 1.165) is 24.5 Å². The summed E-state index contributed by atoms with van der Waals surface area (Å²) in [6.07, 6.45) is 1.11.